The molecule has 3 amide bonds. The number of para-hydroxylation sites is 1. The van der Waals surface area contributed by atoms with Gasteiger partial charge in [0.05, 0.1) is 18.1 Å². The third-order valence-corrected chi connectivity index (χ3v) is 10.4. The third kappa shape index (κ3) is 5.75. The van der Waals surface area contributed by atoms with E-state index in [0.29, 0.717) is 19.3 Å². The maximum Gasteiger partial charge on any atom is 0.313 e. The summed E-state index contributed by atoms with van der Waals surface area (Å²) >= 11 is 0. The molecule has 0 aliphatic carbocycles. The lowest BCUT2D eigenvalue weighted by atomic mass is 9.77. The first-order valence-electron chi connectivity index (χ1n) is 16.9. The minimum Gasteiger partial charge on any atom is -0.455 e. The molecule has 2 aromatic carbocycles. The summed E-state index contributed by atoms with van der Waals surface area (Å²) in [6, 6.07) is 13.6. The average molecular weight is 656 g/mol. The number of aliphatic hydroxyl groups excluding tert-OH is 1. The number of nitrogens with zero attached hydrogens (tertiary/aromatic N) is 3. The molecular weight excluding hydrogens is 610 g/mol. The van der Waals surface area contributed by atoms with Crippen LogP contribution in [0.1, 0.15) is 55.4 Å². The molecule has 0 saturated carbocycles. The molecule has 1 spiro atoms. The van der Waals surface area contributed by atoms with Crippen molar-refractivity contribution in [1.82, 2.24) is 9.80 Å². The number of benzene rings is 2. The molecular formula is C38H45N3O7. The van der Waals surface area contributed by atoms with Crippen molar-refractivity contribution in [2.24, 2.45) is 11.8 Å². The highest BCUT2D eigenvalue weighted by atomic mass is 16.6. The number of likely N-dealkylation sites (tertiary alicyclic amines) is 1. The molecule has 0 radical (unpaired) electrons. The van der Waals surface area contributed by atoms with Crippen LogP contribution in [0, 0.1) is 25.7 Å². The Balaban J connectivity index is 1.45. The Bertz CT molecular complexity index is 1600. The highest BCUT2D eigenvalue weighted by Crippen LogP contribution is 2.54. The van der Waals surface area contributed by atoms with Gasteiger partial charge >= 0.3 is 5.97 Å². The topological polar surface area (TPSA) is 117 Å². The first kappa shape index (κ1) is 33.6. The van der Waals surface area contributed by atoms with Crippen molar-refractivity contribution in [1.29, 1.82) is 0 Å². The summed E-state index contributed by atoms with van der Waals surface area (Å²) < 4.78 is 13.2. The van der Waals surface area contributed by atoms with E-state index in [1.807, 2.05) is 87.5 Å². The second-order valence-corrected chi connectivity index (χ2v) is 13.4. The summed E-state index contributed by atoms with van der Waals surface area (Å²) in [4.78, 5) is 62.0. The van der Waals surface area contributed by atoms with Gasteiger partial charge in [-0.2, -0.15) is 0 Å². The van der Waals surface area contributed by atoms with E-state index in [2.05, 4.69) is 0 Å². The fraction of sp³-hybridized carbons (Fsp3) is 0.474. The highest BCUT2D eigenvalue weighted by molar-refractivity contribution is 6.06. The number of amides is 3. The molecule has 0 bridgehead atoms. The number of carbonyl (C=O) groups excluding carboxylic acids is 4. The largest absolute Gasteiger partial charge is 0.455 e. The van der Waals surface area contributed by atoms with E-state index >= 15 is 0 Å². The lowest BCUT2D eigenvalue weighted by Crippen LogP contribution is -2.55. The number of cyclic esters (lactones) is 1. The van der Waals surface area contributed by atoms with Gasteiger partial charge in [0.25, 0.3) is 5.91 Å². The van der Waals surface area contributed by atoms with Gasteiger partial charge in [-0.25, -0.2) is 0 Å². The number of carbonyl (C=O) groups is 4. The monoisotopic (exact) mass is 655 g/mol. The van der Waals surface area contributed by atoms with Gasteiger partial charge < -0.3 is 29.3 Å². The molecule has 6 rings (SSSR count). The summed E-state index contributed by atoms with van der Waals surface area (Å²) in [6.07, 6.45) is 7.20. The van der Waals surface area contributed by atoms with Crippen molar-refractivity contribution in [3.05, 3.63) is 89.5 Å². The number of fused-ring (bicyclic) bond motifs is 2. The van der Waals surface area contributed by atoms with Crippen molar-refractivity contribution in [2.75, 3.05) is 31.6 Å². The second kappa shape index (κ2) is 13.7. The third-order valence-electron chi connectivity index (χ3n) is 10.4. The predicted molar refractivity (Wildman–Crippen MR) is 180 cm³/mol. The minimum atomic E-state index is -1.43. The fourth-order valence-corrected chi connectivity index (χ4v) is 7.95. The van der Waals surface area contributed by atoms with E-state index in [9.17, 15) is 24.3 Å². The summed E-state index contributed by atoms with van der Waals surface area (Å²) in [5, 5.41) is 9.55. The number of aryl methyl sites for hydroxylation is 2. The quantitative estimate of drug-likeness (QED) is 0.284. The molecule has 2 fully saturated rings. The molecule has 2 aromatic rings. The van der Waals surface area contributed by atoms with Crippen LogP contribution in [0.4, 0.5) is 5.69 Å². The summed E-state index contributed by atoms with van der Waals surface area (Å²) in [5.41, 5.74) is 1.94. The molecule has 2 saturated heterocycles. The Kier molecular flexibility index (Phi) is 9.58. The molecule has 4 aliphatic rings. The van der Waals surface area contributed by atoms with E-state index < -0.39 is 47.7 Å². The molecule has 10 heteroatoms. The molecule has 7 atom stereocenters. The highest BCUT2D eigenvalue weighted by Gasteiger charge is 2.72. The lowest BCUT2D eigenvalue weighted by Gasteiger charge is -2.36. The fourth-order valence-electron chi connectivity index (χ4n) is 7.95. The zero-order valence-corrected chi connectivity index (χ0v) is 28.1. The Morgan fingerprint density at radius 2 is 1.67 bits per heavy atom. The number of esters is 1. The molecule has 48 heavy (non-hydrogen) atoms. The Hall–Kier alpha value is -4.28. The van der Waals surface area contributed by atoms with E-state index in [4.69, 9.17) is 9.47 Å². The van der Waals surface area contributed by atoms with Crippen LogP contribution in [0.15, 0.2) is 72.8 Å². The van der Waals surface area contributed by atoms with E-state index in [-0.39, 0.29) is 43.8 Å². The predicted octanol–water partition coefficient (Wildman–Crippen LogP) is 4.04. The van der Waals surface area contributed by atoms with Crippen molar-refractivity contribution >= 4 is 29.4 Å². The SMILES string of the molecule is Cc1cccc(C)c1N1CC=C[C@]23O[C@@H]4/C=C\CCC(=O)N(C)[C@H](C)[C@@H](c5ccccc5)OC(=O)[C@@H]4[C@H]2C(=O)N(CCCCO)[C@@H]3C1=O. The Morgan fingerprint density at radius 3 is 2.38 bits per heavy atom. The normalized spacial score (nSPS) is 31.4. The molecule has 4 heterocycles. The molecule has 0 aromatic heterocycles. The van der Waals surface area contributed by atoms with Crippen LogP contribution in [-0.2, 0) is 28.7 Å². The van der Waals surface area contributed by atoms with Crippen molar-refractivity contribution in [2.45, 2.75) is 76.3 Å². The number of anilines is 1. The van der Waals surface area contributed by atoms with E-state index in [0.717, 1.165) is 22.4 Å². The van der Waals surface area contributed by atoms with Crippen molar-refractivity contribution < 1.29 is 33.8 Å². The van der Waals surface area contributed by atoms with Gasteiger partial charge in [0.1, 0.15) is 23.7 Å². The molecule has 1 N–H and O–H groups in total. The standard InChI is InChI=1S/C38H45N3O7/c1-24-14-12-15-25(2)32(24)40-22-13-20-38-31(35(44)41(21-10-11-23-42)34(38)36(40)45)30-28(48-38)18-8-9-19-29(43)39(4)26(3)33(47-37(30)46)27-16-6-5-7-17-27/h5-8,12-18,20,26,28,30-31,33-34,42H,9-11,19,21-23H2,1-4H3/b18-8-/t26-,28-,30+,31+,33+,34-,38+/m1/s1. The lowest BCUT2D eigenvalue weighted by molar-refractivity contribution is -0.164. The molecule has 10 nitrogen and oxygen atoms in total. The average Bonchev–Trinajstić information content (AvgIpc) is 3.46. The van der Waals surface area contributed by atoms with Crippen LogP contribution in [-0.4, -0.2) is 89.1 Å². The van der Waals surface area contributed by atoms with Gasteiger partial charge in [0, 0.05) is 38.9 Å². The van der Waals surface area contributed by atoms with Crippen molar-refractivity contribution in [3.63, 3.8) is 0 Å². The summed E-state index contributed by atoms with van der Waals surface area (Å²) in [7, 11) is 1.71. The van der Waals surface area contributed by atoms with Crippen LogP contribution >= 0.6 is 0 Å². The van der Waals surface area contributed by atoms with Crippen LogP contribution in [0.5, 0.6) is 0 Å². The summed E-state index contributed by atoms with van der Waals surface area (Å²) in [5.74, 6) is -3.39. The molecule has 0 unspecified atom stereocenters. The number of allylic oxidation sites excluding steroid dienone is 1. The maximum atomic E-state index is 14.8. The summed E-state index contributed by atoms with van der Waals surface area (Å²) in [6.45, 7) is 6.22. The van der Waals surface area contributed by atoms with Crippen LogP contribution in [0.3, 0.4) is 0 Å². The van der Waals surface area contributed by atoms with Crippen LogP contribution < -0.4 is 4.90 Å². The van der Waals surface area contributed by atoms with Gasteiger partial charge in [-0.15, -0.1) is 0 Å². The first-order valence-corrected chi connectivity index (χ1v) is 16.9. The van der Waals surface area contributed by atoms with Crippen LogP contribution in [0.25, 0.3) is 0 Å². The molecule has 254 valence electrons. The number of unbranched alkanes of at least 4 members (excludes halogenated alkanes) is 1. The molecule has 4 aliphatic heterocycles. The van der Waals surface area contributed by atoms with Gasteiger partial charge in [-0.05, 0) is 56.7 Å². The van der Waals surface area contributed by atoms with Gasteiger partial charge in [0.15, 0.2) is 0 Å². The van der Waals surface area contributed by atoms with Gasteiger partial charge in [-0.3, -0.25) is 19.2 Å². The van der Waals surface area contributed by atoms with Crippen LogP contribution in [0.2, 0.25) is 0 Å². The Labute approximate surface area is 282 Å². The van der Waals surface area contributed by atoms with Gasteiger partial charge in [0.2, 0.25) is 11.8 Å². The zero-order valence-electron chi connectivity index (χ0n) is 28.1. The number of hydrogen-bond donors (Lipinski definition) is 1. The number of rotatable bonds is 6. The number of hydrogen-bond acceptors (Lipinski definition) is 7. The Morgan fingerprint density at radius 1 is 0.938 bits per heavy atom. The number of aliphatic hydroxyl groups is 1. The maximum absolute atomic E-state index is 14.8. The first-order chi connectivity index (χ1) is 23.1. The van der Waals surface area contributed by atoms with Crippen molar-refractivity contribution in [3.8, 4) is 0 Å². The zero-order chi connectivity index (χ0) is 34.2. The van der Waals surface area contributed by atoms with Gasteiger partial charge in [-0.1, -0.05) is 72.8 Å². The smallest absolute Gasteiger partial charge is 0.313 e. The number of ether oxygens (including phenoxy) is 2. The number of likely N-dealkylation sites (N-methyl/N-ethyl adjacent to an activating group) is 1. The van der Waals surface area contributed by atoms with E-state index in [1.54, 1.807) is 27.8 Å². The second-order valence-electron chi connectivity index (χ2n) is 13.4. The minimum absolute atomic E-state index is 0.0437. The van der Waals surface area contributed by atoms with E-state index in [1.165, 1.54) is 0 Å².